The average Bonchev–Trinajstić information content (AvgIpc) is 2.79. The van der Waals surface area contributed by atoms with E-state index in [1.165, 1.54) is 6.07 Å². The minimum absolute atomic E-state index is 0.0289. The van der Waals surface area contributed by atoms with Gasteiger partial charge >= 0.3 is 6.18 Å². The minimum atomic E-state index is -4.50. The molecule has 2 aromatic carbocycles. The van der Waals surface area contributed by atoms with Gasteiger partial charge in [-0.1, -0.05) is 0 Å². The predicted molar refractivity (Wildman–Crippen MR) is 129 cm³/mol. The van der Waals surface area contributed by atoms with Crippen LogP contribution in [-0.2, 0) is 6.18 Å². The molecule has 7 nitrogen and oxygen atoms in total. The number of nitrogen functional groups attached to an aromatic ring is 1. The van der Waals surface area contributed by atoms with Crippen molar-refractivity contribution in [3.63, 3.8) is 0 Å². The number of nitrogens with one attached hydrogen (secondary N) is 2. The number of hydrogen-bond acceptors (Lipinski definition) is 6. The van der Waals surface area contributed by atoms with Crippen LogP contribution in [0.2, 0.25) is 0 Å². The Labute approximate surface area is 195 Å². The molecular weight excluding hydrogens is 445 g/mol. The minimum Gasteiger partial charge on any atom is -0.399 e. The number of hydrogen-bond donors (Lipinski definition) is 3. The molecule has 1 saturated heterocycles. The van der Waals surface area contributed by atoms with Crippen molar-refractivity contribution in [1.29, 1.82) is 0 Å². The zero-order valence-electron chi connectivity index (χ0n) is 19.4. The number of fused-ring (bicyclic) bond motifs is 1. The van der Waals surface area contributed by atoms with Crippen LogP contribution in [0, 0.1) is 0 Å². The number of aromatic amines is 1. The smallest absolute Gasteiger partial charge is 0.399 e. The molecule has 0 bridgehead atoms. The highest BCUT2D eigenvalue weighted by atomic mass is 19.4. The van der Waals surface area contributed by atoms with Crippen LogP contribution in [0.4, 0.5) is 30.4 Å². The van der Waals surface area contributed by atoms with E-state index in [0.29, 0.717) is 28.2 Å². The Morgan fingerprint density at radius 2 is 1.85 bits per heavy atom. The lowest BCUT2D eigenvalue weighted by Gasteiger charge is -2.36. The Bertz CT molecular complexity index is 1230. The second kappa shape index (κ2) is 9.17. The van der Waals surface area contributed by atoms with Crippen molar-refractivity contribution >= 4 is 28.0 Å². The predicted octanol–water partition coefficient (Wildman–Crippen LogP) is 4.23. The van der Waals surface area contributed by atoms with Crippen molar-refractivity contribution in [1.82, 2.24) is 15.1 Å². The summed E-state index contributed by atoms with van der Waals surface area (Å²) < 4.78 is 39.7. The molecule has 1 atom stereocenters. The first-order chi connectivity index (χ1) is 16.0. The average molecular weight is 475 g/mol. The van der Waals surface area contributed by atoms with Crippen LogP contribution in [0.25, 0.3) is 10.8 Å². The number of piperidine rings is 1. The third-order valence-electron chi connectivity index (χ3n) is 6.49. The van der Waals surface area contributed by atoms with E-state index in [1.807, 2.05) is 12.1 Å². The van der Waals surface area contributed by atoms with Gasteiger partial charge in [0, 0.05) is 35.9 Å². The summed E-state index contributed by atoms with van der Waals surface area (Å²) in [5.41, 5.74) is 5.98. The summed E-state index contributed by atoms with van der Waals surface area (Å²) in [7, 11) is 4.18. The van der Waals surface area contributed by atoms with Gasteiger partial charge in [-0.15, -0.1) is 0 Å². The van der Waals surface area contributed by atoms with Crippen LogP contribution in [-0.4, -0.2) is 48.3 Å². The summed E-state index contributed by atoms with van der Waals surface area (Å²) >= 11 is 0. The Morgan fingerprint density at radius 3 is 2.50 bits per heavy atom. The van der Waals surface area contributed by atoms with E-state index in [1.54, 1.807) is 13.0 Å². The van der Waals surface area contributed by atoms with Gasteiger partial charge in [0.15, 0.2) is 5.82 Å². The number of alkyl halides is 3. The fourth-order valence-electron chi connectivity index (χ4n) is 4.48. The van der Waals surface area contributed by atoms with Crippen molar-refractivity contribution < 1.29 is 13.2 Å². The molecule has 0 unspecified atom stereocenters. The number of nitrogens with two attached hydrogens (primary N) is 1. The van der Waals surface area contributed by atoms with Gasteiger partial charge in [-0.25, -0.2) is 5.10 Å². The first kappa shape index (κ1) is 23.9. The summed E-state index contributed by atoms with van der Waals surface area (Å²) in [4.78, 5) is 16.9. The molecule has 4 N–H and O–H groups in total. The molecule has 2 heterocycles. The lowest BCUT2D eigenvalue weighted by Crippen LogP contribution is -2.42. The highest BCUT2D eigenvalue weighted by Crippen LogP contribution is 2.34. The van der Waals surface area contributed by atoms with E-state index >= 15 is 0 Å². The molecule has 4 rings (SSSR count). The Kier molecular flexibility index (Phi) is 6.44. The maximum Gasteiger partial charge on any atom is 0.416 e. The highest BCUT2D eigenvalue weighted by molar-refractivity contribution is 5.93. The summed E-state index contributed by atoms with van der Waals surface area (Å²) in [6.45, 7) is 3.52. The first-order valence-electron chi connectivity index (χ1n) is 11.2. The van der Waals surface area contributed by atoms with Gasteiger partial charge in [-0.05, 0) is 75.8 Å². The molecule has 0 spiro atoms. The second-order valence-electron chi connectivity index (χ2n) is 9.07. The molecule has 0 radical (unpaired) electrons. The van der Waals surface area contributed by atoms with Gasteiger partial charge in [0.05, 0.1) is 17.0 Å². The quantitative estimate of drug-likeness (QED) is 0.480. The van der Waals surface area contributed by atoms with E-state index in [2.05, 4.69) is 39.4 Å². The third kappa shape index (κ3) is 4.96. The molecule has 1 aliphatic rings. The van der Waals surface area contributed by atoms with Gasteiger partial charge in [-0.2, -0.15) is 18.3 Å². The van der Waals surface area contributed by atoms with E-state index in [-0.39, 0.29) is 11.2 Å². The van der Waals surface area contributed by atoms with E-state index in [4.69, 9.17) is 5.73 Å². The summed E-state index contributed by atoms with van der Waals surface area (Å²) in [6, 6.07) is 9.10. The van der Waals surface area contributed by atoms with Crippen LogP contribution in [0.1, 0.15) is 36.9 Å². The molecular formula is C24H29F3N6O. The molecule has 182 valence electrons. The molecule has 0 aliphatic carbocycles. The van der Waals surface area contributed by atoms with Crippen LogP contribution in [0.3, 0.4) is 0 Å². The second-order valence-corrected chi connectivity index (χ2v) is 9.07. The maximum atomic E-state index is 13.2. The summed E-state index contributed by atoms with van der Waals surface area (Å²) in [5, 5.41) is 10.9. The van der Waals surface area contributed by atoms with Gasteiger partial charge in [0.2, 0.25) is 0 Å². The Hall–Kier alpha value is -3.27. The standard InChI is InChI=1S/C24H29F3N6O/c1-14(15-10-16(24(25,26)27)12-17(28)11-15)29-22-21-13-19(4-5-20(21)23(34)31-30-22)33-8-6-18(7-9-33)32(2)3/h4-5,10-14,18H,6-9,28H2,1-3H3,(H,29,30)(H,31,34)/t14-/m1/s1. The van der Waals surface area contributed by atoms with Gasteiger partial charge in [-0.3, -0.25) is 4.79 Å². The van der Waals surface area contributed by atoms with E-state index in [9.17, 15) is 18.0 Å². The van der Waals surface area contributed by atoms with Crippen LogP contribution >= 0.6 is 0 Å². The fourth-order valence-corrected chi connectivity index (χ4v) is 4.48. The number of halogens is 3. The van der Waals surface area contributed by atoms with Gasteiger partial charge < -0.3 is 20.9 Å². The molecule has 1 fully saturated rings. The molecule has 10 heteroatoms. The lowest BCUT2D eigenvalue weighted by atomic mass is 10.0. The SMILES string of the molecule is C[C@@H](Nc1n[nH]c(=O)c2ccc(N3CCC(N(C)C)CC3)cc12)c1cc(N)cc(C(F)(F)F)c1. The topological polar surface area (TPSA) is 90.3 Å². The highest BCUT2D eigenvalue weighted by Gasteiger charge is 2.31. The maximum absolute atomic E-state index is 13.2. The number of benzene rings is 2. The van der Waals surface area contributed by atoms with Crippen LogP contribution in [0.15, 0.2) is 41.2 Å². The third-order valence-corrected chi connectivity index (χ3v) is 6.49. The van der Waals surface area contributed by atoms with Crippen molar-refractivity contribution in [2.24, 2.45) is 0 Å². The molecule has 34 heavy (non-hydrogen) atoms. The fraction of sp³-hybridized carbons (Fsp3) is 0.417. The molecule has 1 aliphatic heterocycles. The van der Waals surface area contributed by atoms with Gasteiger partial charge in [0.25, 0.3) is 5.56 Å². The Morgan fingerprint density at radius 1 is 1.15 bits per heavy atom. The normalized spacial score (nSPS) is 16.3. The van der Waals surface area contributed by atoms with Crippen molar-refractivity contribution in [3.8, 4) is 0 Å². The van der Waals surface area contributed by atoms with Crippen molar-refractivity contribution in [3.05, 3.63) is 57.9 Å². The van der Waals surface area contributed by atoms with E-state index < -0.39 is 17.8 Å². The molecule has 3 aromatic rings. The summed E-state index contributed by atoms with van der Waals surface area (Å²) in [6.07, 6.45) is -2.42. The van der Waals surface area contributed by atoms with Crippen molar-refractivity contribution in [2.45, 2.75) is 38.0 Å². The first-order valence-corrected chi connectivity index (χ1v) is 11.2. The summed E-state index contributed by atoms with van der Waals surface area (Å²) in [5.74, 6) is 0.392. The largest absolute Gasteiger partial charge is 0.416 e. The van der Waals surface area contributed by atoms with Crippen LogP contribution < -0.4 is 21.5 Å². The van der Waals surface area contributed by atoms with E-state index in [0.717, 1.165) is 43.8 Å². The number of aromatic nitrogens is 2. The van der Waals surface area contributed by atoms with Crippen LogP contribution in [0.5, 0.6) is 0 Å². The Balaban J connectivity index is 1.64. The molecule has 0 saturated carbocycles. The number of H-pyrrole nitrogens is 1. The zero-order chi connectivity index (χ0) is 24.6. The number of anilines is 3. The van der Waals surface area contributed by atoms with Crippen molar-refractivity contribution in [2.75, 3.05) is 43.1 Å². The number of rotatable bonds is 5. The monoisotopic (exact) mass is 474 g/mol. The zero-order valence-corrected chi connectivity index (χ0v) is 19.4. The molecule has 0 amide bonds. The van der Waals surface area contributed by atoms with Gasteiger partial charge in [0.1, 0.15) is 0 Å². The lowest BCUT2D eigenvalue weighted by molar-refractivity contribution is -0.137. The molecule has 1 aromatic heterocycles. The number of nitrogens with zero attached hydrogens (tertiary/aromatic N) is 3.